The van der Waals surface area contributed by atoms with Gasteiger partial charge in [0.15, 0.2) is 0 Å². The fourth-order valence-corrected chi connectivity index (χ4v) is 2.68. The number of halogens is 1. The number of nitrogens with zero attached hydrogens (tertiary/aromatic N) is 2. The third kappa shape index (κ3) is 4.74. The van der Waals surface area contributed by atoms with Crippen molar-refractivity contribution in [3.63, 3.8) is 0 Å². The number of methoxy groups -OCH3 is 1. The maximum atomic E-state index is 12.3. The summed E-state index contributed by atoms with van der Waals surface area (Å²) in [6, 6.07) is 13.0. The number of anilines is 3. The van der Waals surface area contributed by atoms with Gasteiger partial charge in [-0.1, -0.05) is 30.7 Å². The summed E-state index contributed by atoms with van der Waals surface area (Å²) in [6.07, 6.45) is 3.87. The van der Waals surface area contributed by atoms with E-state index in [0.717, 1.165) is 12.1 Å². The van der Waals surface area contributed by atoms with Crippen molar-refractivity contribution in [3.05, 3.63) is 71.1 Å². The molecular formula is C20H19ClN4O2. The standard InChI is InChI=1S/C20H19ClN4O2/c1-3-13-4-6-14(7-5-13)25-20(26)17-11-23-19(12-22-17)24-15-8-9-18(27-2)16(21)10-15/h4-12H,3H2,1-2H3,(H,23,24)(H,25,26). The molecule has 0 aliphatic heterocycles. The molecule has 2 aromatic carbocycles. The number of amides is 1. The summed E-state index contributed by atoms with van der Waals surface area (Å²) in [7, 11) is 1.56. The second-order valence-electron chi connectivity index (χ2n) is 5.77. The summed E-state index contributed by atoms with van der Waals surface area (Å²) in [5.41, 5.74) is 2.90. The van der Waals surface area contributed by atoms with E-state index in [1.165, 1.54) is 18.0 Å². The van der Waals surface area contributed by atoms with Crippen LogP contribution in [-0.4, -0.2) is 23.0 Å². The molecule has 0 aliphatic carbocycles. The van der Waals surface area contributed by atoms with Crippen molar-refractivity contribution in [2.45, 2.75) is 13.3 Å². The molecule has 3 aromatic rings. The molecule has 1 amide bonds. The molecule has 138 valence electrons. The summed E-state index contributed by atoms with van der Waals surface area (Å²) < 4.78 is 5.12. The molecule has 7 heteroatoms. The molecule has 3 rings (SSSR count). The van der Waals surface area contributed by atoms with Crippen LogP contribution in [0.4, 0.5) is 17.2 Å². The van der Waals surface area contributed by atoms with Crippen LogP contribution in [0.15, 0.2) is 54.9 Å². The number of carbonyl (C=O) groups excluding carboxylic acids is 1. The van der Waals surface area contributed by atoms with Gasteiger partial charge >= 0.3 is 0 Å². The Hall–Kier alpha value is -3.12. The lowest BCUT2D eigenvalue weighted by Gasteiger charge is -2.09. The second kappa shape index (κ2) is 8.51. The van der Waals surface area contributed by atoms with Gasteiger partial charge in [-0.3, -0.25) is 4.79 Å². The van der Waals surface area contributed by atoms with Gasteiger partial charge in [-0.2, -0.15) is 0 Å². The van der Waals surface area contributed by atoms with E-state index in [9.17, 15) is 4.79 Å². The van der Waals surface area contributed by atoms with E-state index in [0.29, 0.717) is 22.3 Å². The normalized spacial score (nSPS) is 10.3. The monoisotopic (exact) mass is 382 g/mol. The maximum absolute atomic E-state index is 12.3. The van der Waals surface area contributed by atoms with Crippen LogP contribution < -0.4 is 15.4 Å². The van der Waals surface area contributed by atoms with Crippen molar-refractivity contribution in [1.29, 1.82) is 0 Å². The first-order valence-electron chi connectivity index (χ1n) is 8.42. The number of ether oxygens (including phenoxy) is 1. The maximum Gasteiger partial charge on any atom is 0.275 e. The van der Waals surface area contributed by atoms with Gasteiger partial charge in [0.2, 0.25) is 0 Å². The summed E-state index contributed by atoms with van der Waals surface area (Å²) in [5, 5.41) is 6.37. The fraction of sp³-hybridized carbons (Fsp3) is 0.150. The number of nitrogens with one attached hydrogen (secondary N) is 2. The minimum Gasteiger partial charge on any atom is -0.495 e. The third-order valence-electron chi connectivity index (χ3n) is 3.93. The van der Waals surface area contributed by atoms with Gasteiger partial charge in [-0.25, -0.2) is 9.97 Å². The van der Waals surface area contributed by atoms with Gasteiger partial charge in [0, 0.05) is 11.4 Å². The highest BCUT2D eigenvalue weighted by Gasteiger charge is 2.09. The van der Waals surface area contributed by atoms with Crippen LogP contribution in [0.2, 0.25) is 5.02 Å². The smallest absolute Gasteiger partial charge is 0.275 e. The van der Waals surface area contributed by atoms with E-state index in [1.807, 2.05) is 30.3 Å². The lowest BCUT2D eigenvalue weighted by Crippen LogP contribution is -2.14. The molecule has 1 aromatic heterocycles. The zero-order valence-electron chi connectivity index (χ0n) is 15.0. The summed E-state index contributed by atoms with van der Waals surface area (Å²) >= 11 is 6.10. The Morgan fingerprint density at radius 3 is 2.41 bits per heavy atom. The molecule has 0 bridgehead atoms. The first-order valence-corrected chi connectivity index (χ1v) is 8.79. The van der Waals surface area contributed by atoms with E-state index in [2.05, 4.69) is 27.5 Å². The van der Waals surface area contributed by atoms with Gasteiger partial charge in [-0.05, 0) is 42.3 Å². The predicted molar refractivity (Wildman–Crippen MR) is 107 cm³/mol. The van der Waals surface area contributed by atoms with Crippen molar-refractivity contribution in [3.8, 4) is 5.75 Å². The molecule has 0 radical (unpaired) electrons. The van der Waals surface area contributed by atoms with E-state index < -0.39 is 0 Å². The SMILES string of the molecule is CCc1ccc(NC(=O)c2cnc(Nc3ccc(OC)c(Cl)c3)cn2)cc1. The first-order chi connectivity index (χ1) is 13.1. The van der Waals surface area contributed by atoms with Crippen LogP contribution in [0.3, 0.4) is 0 Å². The van der Waals surface area contributed by atoms with Crippen molar-refractivity contribution in [2.75, 3.05) is 17.7 Å². The fourth-order valence-electron chi connectivity index (χ4n) is 2.42. The summed E-state index contributed by atoms with van der Waals surface area (Å²) in [6.45, 7) is 2.08. The molecule has 0 unspecified atom stereocenters. The molecule has 0 aliphatic rings. The van der Waals surface area contributed by atoms with Crippen LogP contribution in [-0.2, 0) is 6.42 Å². The largest absolute Gasteiger partial charge is 0.495 e. The minimum absolute atomic E-state index is 0.230. The van der Waals surface area contributed by atoms with Gasteiger partial charge in [0.05, 0.1) is 24.5 Å². The van der Waals surface area contributed by atoms with Crippen molar-refractivity contribution in [2.24, 2.45) is 0 Å². The van der Waals surface area contributed by atoms with Crippen LogP contribution >= 0.6 is 11.6 Å². The van der Waals surface area contributed by atoms with E-state index in [1.54, 1.807) is 19.2 Å². The van der Waals surface area contributed by atoms with Crippen molar-refractivity contribution < 1.29 is 9.53 Å². The summed E-state index contributed by atoms with van der Waals surface area (Å²) in [5.74, 6) is 0.776. The Morgan fingerprint density at radius 2 is 1.81 bits per heavy atom. The number of aromatic nitrogens is 2. The van der Waals surface area contributed by atoms with E-state index in [4.69, 9.17) is 16.3 Å². The zero-order chi connectivity index (χ0) is 19.2. The molecule has 1 heterocycles. The Bertz CT molecular complexity index is 928. The third-order valence-corrected chi connectivity index (χ3v) is 4.22. The molecule has 6 nitrogen and oxygen atoms in total. The first kappa shape index (κ1) is 18.7. The Labute approximate surface area is 162 Å². The minimum atomic E-state index is -0.314. The van der Waals surface area contributed by atoms with Crippen LogP contribution in [0.5, 0.6) is 5.75 Å². The highest BCUT2D eigenvalue weighted by atomic mass is 35.5. The number of rotatable bonds is 6. The molecule has 0 saturated heterocycles. The molecule has 27 heavy (non-hydrogen) atoms. The Morgan fingerprint density at radius 1 is 1.07 bits per heavy atom. The lowest BCUT2D eigenvalue weighted by atomic mass is 10.1. The highest BCUT2D eigenvalue weighted by Crippen LogP contribution is 2.28. The highest BCUT2D eigenvalue weighted by molar-refractivity contribution is 6.32. The Kier molecular flexibility index (Phi) is 5.88. The van der Waals surface area contributed by atoms with Crippen LogP contribution in [0.1, 0.15) is 23.0 Å². The van der Waals surface area contributed by atoms with E-state index >= 15 is 0 Å². The number of hydrogen-bond acceptors (Lipinski definition) is 5. The van der Waals surface area contributed by atoms with Gasteiger partial charge in [0.25, 0.3) is 5.91 Å². The molecular weight excluding hydrogens is 364 g/mol. The van der Waals surface area contributed by atoms with Gasteiger partial charge in [-0.15, -0.1) is 0 Å². The number of carbonyl (C=O) groups is 1. The average Bonchev–Trinajstić information content (AvgIpc) is 2.69. The topological polar surface area (TPSA) is 76.1 Å². The number of aryl methyl sites for hydroxylation is 1. The molecule has 2 N–H and O–H groups in total. The molecule has 0 saturated carbocycles. The average molecular weight is 383 g/mol. The quantitative estimate of drug-likeness (QED) is 0.646. The Balaban J connectivity index is 1.65. The zero-order valence-corrected chi connectivity index (χ0v) is 15.7. The number of benzene rings is 2. The van der Waals surface area contributed by atoms with Gasteiger partial charge < -0.3 is 15.4 Å². The number of hydrogen-bond donors (Lipinski definition) is 2. The molecule has 0 spiro atoms. The molecule has 0 fully saturated rings. The van der Waals surface area contributed by atoms with E-state index in [-0.39, 0.29) is 11.6 Å². The van der Waals surface area contributed by atoms with Gasteiger partial charge in [0.1, 0.15) is 17.3 Å². The van der Waals surface area contributed by atoms with Crippen LogP contribution in [0.25, 0.3) is 0 Å². The summed E-state index contributed by atoms with van der Waals surface area (Å²) in [4.78, 5) is 20.7. The lowest BCUT2D eigenvalue weighted by molar-refractivity contribution is 0.102. The molecule has 0 atom stereocenters. The second-order valence-corrected chi connectivity index (χ2v) is 6.17. The predicted octanol–water partition coefficient (Wildman–Crippen LogP) is 4.70. The van der Waals surface area contributed by atoms with Crippen LogP contribution in [0, 0.1) is 0 Å². The van der Waals surface area contributed by atoms with Crippen molar-refractivity contribution >= 4 is 34.7 Å². The van der Waals surface area contributed by atoms with Crippen molar-refractivity contribution in [1.82, 2.24) is 9.97 Å².